The van der Waals surface area contributed by atoms with E-state index < -0.39 is 10.8 Å². The second-order valence-electron chi connectivity index (χ2n) is 9.13. The molecule has 3 aromatic rings. The van der Waals surface area contributed by atoms with Crippen molar-refractivity contribution in [1.82, 2.24) is 5.32 Å². The van der Waals surface area contributed by atoms with Crippen LogP contribution < -0.4 is 19.9 Å². The molecule has 2 aliphatic rings. The summed E-state index contributed by atoms with van der Waals surface area (Å²) in [6.45, 7) is 2.26. The highest BCUT2D eigenvalue weighted by molar-refractivity contribution is 5.82. The summed E-state index contributed by atoms with van der Waals surface area (Å²) in [5, 5.41) is 14.3. The molecule has 0 bridgehead atoms. The first-order chi connectivity index (χ1) is 17.4. The van der Waals surface area contributed by atoms with E-state index in [4.69, 9.17) is 4.74 Å². The van der Waals surface area contributed by atoms with Gasteiger partial charge in [0.2, 0.25) is 5.91 Å². The molecule has 2 aliphatic heterocycles. The highest BCUT2D eigenvalue weighted by Crippen LogP contribution is 2.38. The number of hydrogen-bond acceptors (Lipinski definition) is 6. The number of piperazine rings is 1. The van der Waals surface area contributed by atoms with E-state index in [0.717, 1.165) is 29.2 Å². The van der Waals surface area contributed by atoms with Crippen LogP contribution in [0.25, 0.3) is 0 Å². The van der Waals surface area contributed by atoms with Crippen molar-refractivity contribution in [3.8, 4) is 5.75 Å². The van der Waals surface area contributed by atoms with Gasteiger partial charge in [0.15, 0.2) is 0 Å². The lowest BCUT2D eigenvalue weighted by Crippen LogP contribution is -2.61. The predicted octanol–water partition coefficient (Wildman–Crippen LogP) is 3.93. The van der Waals surface area contributed by atoms with E-state index in [1.165, 1.54) is 18.2 Å². The van der Waals surface area contributed by atoms with Crippen LogP contribution in [0.15, 0.2) is 66.7 Å². The summed E-state index contributed by atoms with van der Waals surface area (Å²) >= 11 is 0. The summed E-state index contributed by atoms with van der Waals surface area (Å²) in [7, 11) is 1.63. The van der Waals surface area contributed by atoms with Crippen molar-refractivity contribution < 1.29 is 18.8 Å². The molecule has 1 amide bonds. The molecule has 1 saturated heterocycles. The van der Waals surface area contributed by atoms with Crippen LogP contribution >= 0.6 is 0 Å². The SMILES string of the molecule is COc1ccc(N2CCN3c4ccc([N+](=O)[O-])cc4C[C@H](C(=O)NCc4cccc(F)c4)[C@H]3C2)cc1. The molecule has 0 spiro atoms. The van der Waals surface area contributed by atoms with Gasteiger partial charge in [-0.15, -0.1) is 0 Å². The first-order valence-corrected chi connectivity index (χ1v) is 11.9. The average Bonchev–Trinajstić information content (AvgIpc) is 2.90. The van der Waals surface area contributed by atoms with Crippen LogP contribution in [-0.4, -0.2) is 43.6 Å². The van der Waals surface area contributed by atoms with Crippen molar-refractivity contribution in [3.63, 3.8) is 0 Å². The Morgan fingerprint density at radius 1 is 1.14 bits per heavy atom. The number of carbonyl (C=O) groups is 1. The molecule has 2 atom stereocenters. The number of nitro groups is 1. The number of methoxy groups -OCH3 is 1. The molecule has 5 rings (SSSR count). The summed E-state index contributed by atoms with van der Waals surface area (Å²) in [5.74, 6) is -0.147. The zero-order valence-corrected chi connectivity index (χ0v) is 19.9. The number of nitro benzene ring substituents is 1. The van der Waals surface area contributed by atoms with Gasteiger partial charge in [-0.2, -0.15) is 0 Å². The Bertz CT molecular complexity index is 1280. The Morgan fingerprint density at radius 3 is 2.67 bits per heavy atom. The summed E-state index contributed by atoms with van der Waals surface area (Å²) in [5.41, 5.74) is 3.47. The molecule has 9 heteroatoms. The molecular formula is C27H27FN4O4. The molecule has 3 aromatic carbocycles. The Balaban J connectivity index is 1.42. The number of nitrogens with one attached hydrogen (secondary N) is 1. The number of hydrogen-bond donors (Lipinski definition) is 1. The molecule has 8 nitrogen and oxygen atoms in total. The predicted molar refractivity (Wildman–Crippen MR) is 135 cm³/mol. The van der Waals surface area contributed by atoms with Crippen LogP contribution in [0, 0.1) is 21.8 Å². The lowest BCUT2D eigenvalue weighted by molar-refractivity contribution is -0.384. The molecular weight excluding hydrogens is 463 g/mol. The minimum absolute atomic E-state index is 0.0167. The molecule has 2 heterocycles. The summed E-state index contributed by atoms with van der Waals surface area (Å²) in [6, 6.07) is 18.8. The smallest absolute Gasteiger partial charge is 0.269 e. The third-order valence-corrected chi connectivity index (χ3v) is 7.04. The second kappa shape index (κ2) is 9.85. The summed E-state index contributed by atoms with van der Waals surface area (Å²) in [4.78, 5) is 28.9. The normalized spacial score (nSPS) is 18.7. The van der Waals surface area contributed by atoms with Gasteiger partial charge < -0.3 is 19.9 Å². The van der Waals surface area contributed by atoms with E-state index in [0.29, 0.717) is 25.1 Å². The number of anilines is 2. The van der Waals surface area contributed by atoms with Crippen LogP contribution in [0.3, 0.4) is 0 Å². The lowest BCUT2D eigenvalue weighted by Gasteiger charge is -2.49. The molecule has 0 radical (unpaired) electrons. The van der Waals surface area contributed by atoms with E-state index in [-0.39, 0.29) is 30.0 Å². The third kappa shape index (κ3) is 4.68. The highest BCUT2D eigenvalue weighted by atomic mass is 19.1. The van der Waals surface area contributed by atoms with Crippen molar-refractivity contribution in [1.29, 1.82) is 0 Å². The number of nitrogens with zero attached hydrogens (tertiary/aromatic N) is 3. The zero-order valence-electron chi connectivity index (χ0n) is 19.9. The Hall–Kier alpha value is -4.14. The molecule has 0 aromatic heterocycles. The number of ether oxygens (including phenoxy) is 1. The minimum atomic E-state index is -0.422. The molecule has 0 unspecified atom stereocenters. The van der Waals surface area contributed by atoms with E-state index in [1.54, 1.807) is 31.4 Å². The van der Waals surface area contributed by atoms with Gasteiger partial charge in [-0.3, -0.25) is 14.9 Å². The van der Waals surface area contributed by atoms with Crippen LogP contribution in [0.2, 0.25) is 0 Å². The maximum atomic E-state index is 13.6. The highest BCUT2D eigenvalue weighted by Gasteiger charge is 2.42. The van der Waals surface area contributed by atoms with Gasteiger partial charge in [0.25, 0.3) is 5.69 Å². The quantitative estimate of drug-likeness (QED) is 0.416. The van der Waals surface area contributed by atoms with E-state index >= 15 is 0 Å². The fraction of sp³-hybridized carbons (Fsp3) is 0.296. The number of halogens is 1. The molecule has 0 saturated carbocycles. The van der Waals surface area contributed by atoms with Crippen molar-refractivity contribution in [3.05, 3.63) is 93.8 Å². The van der Waals surface area contributed by atoms with Gasteiger partial charge in [-0.25, -0.2) is 4.39 Å². The Labute approximate surface area is 208 Å². The number of benzene rings is 3. The van der Waals surface area contributed by atoms with Gasteiger partial charge in [0.1, 0.15) is 11.6 Å². The van der Waals surface area contributed by atoms with E-state index in [9.17, 15) is 19.3 Å². The average molecular weight is 491 g/mol. The number of carbonyl (C=O) groups excluding carboxylic acids is 1. The number of amides is 1. The lowest BCUT2D eigenvalue weighted by atomic mass is 9.83. The third-order valence-electron chi connectivity index (χ3n) is 7.04. The van der Waals surface area contributed by atoms with Gasteiger partial charge in [-0.1, -0.05) is 12.1 Å². The van der Waals surface area contributed by atoms with Gasteiger partial charge >= 0.3 is 0 Å². The van der Waals surface area contributed by atoms with Crippen LogP contribution in [-0.2, 0) is 17.8 Å². The monoisotopic (exact) mass is 490 g/mol. The zero-order chi connectivity index (χ0) is 25.2. The topological polar surface area (TPSA) is 87.9 Å². The second-order valence-corrected chi connectivity index (χ2v) is 9.13. The van der Waals surface area contributed by atoms with Crippen LogP contribution in [0.4, 0.5) is 21.5 Å². The Morgan fingerprint density at radius 2 is 1.94 bits per heavy atom. The van der Waals surface area contributed by atoms with Crippen molar-refractivity contribution >= 4 is 23.0 Å². The van der Waals surface area contributed by atoms with Crippen LogP contribution in [0.5, 0.6) is 5.75 Å². The molecule has 1 fully saturated rings. The number of fused-ring (bicyclic) bond motifs is 3. The fourth-order valence-corrected chi connectivity index (χ4v) is 5.22. The minimum Gasteiger partial charge on any atom is -0.497 e. The Kier molecular flexibility index (Phi) is 6.45. The molecule has 1 N–H and O–H groups in total. The summed E-state index contributed by atoms with van der Waals surface area (Å²) in [6.07, 6.45) is 0.392. The fourth-order valence-electron chi connectivity index (χ4n) is 5.22. The number of non-ortho nitro benzene ring substituents is 1. The van der Waals surface area contributed by atoms with Crippen molar-refractivity contribution in [2.75, 3.05) is 36.5 Å². The van der Waals surface area contributed by atoms with E-state index in [2.05, 4.69) is 15.1 Å². The van der Waals surface area contributed by atoms with Gasteiger partial charge in [-0.05, 0) is 60.0 Å². The first kappa shape index (κ1) is 23.6. The van der Waals surface area contributed by atoms with E-state index in [1.807, 2.05) is 24.3 Å². The largest absolute Gasteiger partial charge is 0.497 e. The summed E-state index contributed by atoms with van der Waals surface area (Å²) < 4.78 is 18.9. The standard InChI is InChI=1S/C27H27FN4O4/c1-36-23-8-5-21(6-9-23)30-11-12-31-25-10-7-22(32(34)35)14-19(25)15-24(26(31)17-30)27(33)29-16-18-3-2-4-20(28)13-18/h2-10,13-14,24,26H,11-12,15-17H2,1H3,(H,29,33)/t24-,26+/m0/s1. The maximum Gasteiger partial charge on any atom is 0.269 e. The van der Waals surface area contributed by atoms with Gasteiger partial charge in [0.05, 0.1) is 24.0 Å². The molecule has 36 heavy (non-hydrogen) atoms. The van der Waals surface area contributed by atoms with Crippen LogP contribution in [0.1, 0.15) is 11.1 Å². The number of rotatable bonds is 6. The van der Waals surface area contributed by atoms with Crippen molar-refractivity contribution in [2.24, 2.45) is 5.92 Å². The molecule has 186 valence electrons. The first-order valence-electron chi connectivity index (χ1n) is 11.9. The van der Waals surface area contributed by atoms with Crippen molar-refractivity contribution in [2.45, 2.75) is 19.0 Å². The maximum absolute atomic E-state index is 13.6. The van der Waals surface area contributed by atoms with Gasteiger partial charge in [0, 0.05) is 49.7 Å². The molecule has 0 aliphatic carbocycles.